The van der Waals surface area contributed by atoms with E-state index in [9.17, 15) is 13.2 Å². The van der Waals surface area contributed by atoms with E-state index < -0.39 is 10.0 Å². The molecule has 1 aromatic heterocycles. The quantitative estimate of drug-likeness (QED) is 0.669. The van der Waals surface area contributed by atoms with Crippen LogP contribution >= 0.6 is 0 Å². The van der Waals surface area contributed by atoms with Crippen molar-refractivity contribution >= 4 is 27.3 Å². The van der Waals surface area contributed by atoms with Crippen molar-refractivity contribution in [3.8, 4) is 5.69 Å². The minimum atomic E-state index is -3.36. The van der Waals surface area contributed by atoms with Crippen molar-refractivity contribution in [1.29, 1.82) is 0 Å². The molecule has 0 aliphatic rings. The van der Waals surface area contributed by atoms with Crippen LogP contribution in [0.25, 0.3) is 5.69 Å². The lowest BCUT2D eigenvalue weighted by Crippen LogP contribution is -2.16. The summed E-state index contributed by atoms with van der Waals surface area (Å²) in [4.78, 5) is 12.5. The zero-order chi connectivity index (χ0) is 19.4. The molecule has 27 heavy (non-hydrogen) atoms. The third-order valence-electron chi connectivity index (χ3n) is 3.85. The van der Waals surface area contributed by atoms with Crippen molar-refractivity contribution in [2.24, 2.45) is 0 Å². The van der Waals surface area contributed by atoms with Crippen LogP contribution < -0.4 is 10.0 Å². The predicted octanol–water partition coefficient (Wildman–Crippen LogP) is 1.98. The summed E-state index contributed by atoms with van der Waals surface area (Å²) in [6.07, 6.45) is 1.44. The number of anilines is 2. The van der Waals surface area contributed by atoms with Crippen LogP contribution in [0.3, 0.4) is 0 Å². The third-order valence-corrected chi connectivity index (χ3v) is 5.14. The first kappa shape index (κ1) is 18.5. The Hall–Kier alpha value is -3.27. The number of rotatable bonds is 6. The summed E-state index contributed by atoms with van der Waals surface area (Å²) in [6, 6.07) is 11.8. The number of aryl methyl sites for hydroxylation is 1. The third kappa shape index (κ3) is 4.47. The summed E-state index contributed by atoms with van der Waals surface area (Å²) in [5.41, 5.74) is 2.84. The zero-order valence-electron chi connectivity index (χ0n) is 14.7. The van der Waals surface area contributed by atoms with Gasteiger partial charge in [0.25, 0.3) is 5.91 Å². The van der Waals surface area contributed by atoms with Crippen molar-refractivity contribution in [1.82, 2.24) is 20.2 Å². The number of carbonyl (C=O) groups is 1. The van der Waals surface area contributed by atoms with E-state index in [1.807, 2.05) is 0 Å². The van der Waals surface area contributed by atoms with Crippen LogP contribution in [-0.2, 0) is 10.0 Å². The molecule has 9 nitrogen and oxygen atoms in total. The first-order chi connectivity index (χ1) is 12.9. The highest BCUT2D eigenvalue weighted by atomic mass is 32.2. The van der Waals surface area contributed by atoms with Crippen LogP contribution in [0.4, 0.5) is 11.4 Å². The first-order valence-corrected chi connectivity index (χ1v) is 9.79. The maximum atomic E-state index is 12.5. The smallest absolute Gasteiger partial charge is 0.255 e. The fraction of sp³-hybridized carbons (Fsp3) is 0.176. The topological polar surface area (TPSA) is 119 Å². The number of hydrogen-bond acceptors (Lipinski definition) is 6. The molecule has 2 aromatic carbocycles. The van der Waals surface area contributed by atoms with Crippen LogP contribution in [-0.4, -0.2) is 40.3 Å². The molecule has 0 saturated heterocycles. The Morgan fingerprint density at radius 2 is 2.00 bits per heavy atom. The number of nitrogens with zero attached hydrogens (tertiary/aromatic N) is 4. The second-order valence-electron chi connectivity index (χ2n) is 5.79. The standard InChI is InChI=1S/C17H18N6O3S/c1-3-27(25,26)20-16-8-7-14(9-12(16)2)19-17(24)13-5-4-6-15(10-13)23-11-18-21-22-23/h4-11,20H,3H2,1-2H3,(H,19,24). The molecule has 0 aliphatic heterocycles. The second-order valence-corrected chi connectivity index (χ2v) is 7.81. The fourth-order valence-corrected chi connectivity index (χ4v) is 3.08. The van der Waals surface area contributed by atoms with Gasteiger partial charge in [0.05, 0.1) is 17.1 Å². The van der Waals surface area contributed by atoms with Gasteiger partial charge in [0.2, 0.25) is 10.0 Å². The molecule has 0 fully saturated rings. The number of amides is 1. The molecule has 0 radical (unpaired) electrons. The summed E-state index contributed by atoms with van der Waals surface area (Å²) in [5, 5.41) is 13.7. The van der Waals surface area contributed by atoms with Crippen molar-refractivity contribution in [3.05, 3.63) is 59.9 Å². The predicted molar refractivity (Wildman–Crippen MR) is 101 cm³/mol. The Kier molecular flexibility index (Phi) is 5.17. The van der Waals surface area contributed by atoms with Gasteiger partial charge >= 0.3 is 0 Å². The van der Waals surface area contributed by atoms with Gasteiger partial charge in [-0.25, -0.2) is 13.1 Å². The van der Waals surface area contributed by atoms with E-state index in [1.165, 1.54) is 11.0 Å². The van der Waals surface area contributed by atoms with Gasteiger partial charge in [0.1, 0.15) is 6.33 Å². The molecule has 2 N–H and O–H groups in total. The zero-order valence-corrected chi connectivity index (χ0v) is 15.6. The summed E-state index contributed by atoms with van der Waals surface area (Å²) >= 11 is 0. The van der Waals surface area contributed by atoms with Crippen molar-refractivity contribution in [2.75, 3.05) is 15.8 Å². The molecule has 1 heterocycles. The van der Waals surface area contributed by atoms with E-state index >= 15 is 0 Å². The van der Waals surface area contributed by atoms with E-state index in [2.05, 4.69) is 25.6 Å². The molecule has 0 aliphatic carbocycles. The lowest BCUT2D eigenvalue weighted by atomic mass is 10.1. The highest BCUT2D eigenvalue weighted by Gasteiger charge is 2.11. The van der Waals surface area contributed by atoms with Crippen LogP contribution in [0, 0.1) is 6.92 Å². The lowest BCUT2D eigenvalue weighted by molar-refractivity contribution is 0.102. The average molecular weight is 386 g/mol. The summed E-state index contributed by atoms with van der Waals surface area (Å²) in [7, 11) is -3.36. The molecule has 140 valence electrons. The number of tetrazole rings is 1. The van der Waals surface area contributed by atoms with Gasteiger partial charge in [-0.3, -0.25) is 9.52 Å². The molecular weight excluding hydrogens is 368 g/mol. The number of hydrogen-bond donors (Lipinski definition) is 2. The Morgan fingerprint density at radius 1 is 1.19 bits per heavy atom. The van der Waals surface area contributed by atoms with Crippen LogP contribution in [0.1, 0.15) is 22.8 Å². The summed E-state index contributed by atoms with van der Waals surface area (Å²) in [6.45, 7) is 3.33. The van der Waals surface area contributed by atoms with Gasteiger partial charge in [0.15, 0.2) is 0 Å². The van der Waals surface area contributed by atoms with E-state index in [0.717, 1.165) is 0 Å². The van der Waals surface area contributed by atoms with Gasteiger partial charge in [-0.05, 0) is 66.2 Å². The monoisotopic (exact) mass is 386 g/mol. The van der Waals surface area contributed by atoms with E-state index in [-0.39, 0.29) is 11.7 Å². The first-order valence-electron chi connectivity index (χ1n) is 8.14. The van der Waals surface area contributed by atoms with E-state index in [0.29, 0.717) is 28.2 Å². The minimum absolute atomic E-state index is 0.0113. The van der Waals surface area contributed by atoms with Gasteiger partial charge < -0.3 is 5.32 Å². The molecule has 1 amide bonds. The molecule has 0 unspecified atom stereocenters. The number of aromatic nitrogens is 4. The fourth-order valence-electron chi connectivity index (χ4n) is 2.37. The van der Waals surface area contributed by atoms with Gasteiger partial charge in [0, 0.05) is 11.3 Å². The molecule has 0 spiro atoms. The largest absolute Gasteiger partial charge is 0.322 e. The Labute approximate surface area is 156 Å². The van der Waals surface area contributed by atoms with Gasteiger partial charge in [-0.2, -0.15) is 0 Å². The molecule has 0 atom stereocenters. The van der Waals surface area contributed by atoms with Crippen LogP contribution in [0.15, 0.2) is 48.8 Å². The molecular formula is C17H18N6O3S. The Bertz CT molecular complexity index is 1060. The summed E-state index contributed by atoms with van der Waals surface area (Å²) in [5.74, 6) is -0.311. The molecule has 0 bridgehead atoms. The SMILES string of the molecule is CCS(=O)(=O)Nc1ccc(NC(=O)c2cccc(-n3cnnn3)c2)cc1C. The Balaban J connectivity index is 1.77. The van der Waals surface area contributed by atoms with E-state index in [1.54, 1.807) is 56.3 Å². The highest BCUT2D eigenvalue weighted by Crippen LogP contribution is 2.21. The minimum Gasteiger partial charge on any atom is -0.322 e. The number of carbonyl (C=O) groups excluding carboxylic acids is 1. The number of sulfonamides is 1. The summed E-state index contributed by atoms with van der Waals surface area (Å²) < 4.78 is 27.4. The van der Waals surface area contributed by atoms with Gasteiger partial charge in [-0.1, -0.05) is 6.07 Å². The van der Waals surface area contributed by atoms with Gasteiger partial charge in [-0.15, -0.1) is 5.10 Å². The number of nitrogens with one attached hydrogen (secondary N) is 2. The van der Waals surface area contributed by atoms with E-state index in [4.69, 9.17) is 0 Å². The van der Waals surface area contributed by atoms with Crippen molar-refractivity contribution in [3.63, 3.8) is 0 Å². The second kappa shape index (κ2) is 7.54. The Morgan fingerprint density at radius 3 is 2.67 bits per heavy atom. The average Bonchev–Trinajstić information content (AvgIpc) is 3.19. The molecule has 0 saturated carbocycles. The number of benzene rings is 2. The maximum absolute atomic E-state index is 12.5. The van der Waals surface area contributed by atoms with Crippen LogP contribution in [0.5, 0.6) is 0 Å². The van der Waals surface area contributed by atoms with Crippen LogP contribution in [0.2, 0.25) is 0 Å². The van der Waals surface area contributed by atoms with Crippen molar-refractivity contribution < 1.29 is 13.2 Å². The maximum Gasteiger partial charge on any atom is 0.255 e. The van der Waals surface area contributed by atoms with Crippen molar-refractivity contribution in [2.45, 2.75) is 13.8 Å². The lowest BCUT2D eigenvalue weighted by Gasteiger charge is -2.12. The normalized spacial score (nSPS) is 11.2. The highest BCUT2D eigenvalue weighted by molar-refractivity contribution is 7.92. The molecule has 3 aromatic rings. The molecule has 10 heteroatoms. The molecule has 3 rings (SSSR count).